The lowest BCUT2D eigenvalue weighted by molar-refractivity contribution is -0.384. The Morgan fingerprint density at radius 1 is 1.03 bits per heavy atom. The summed E-state index contributed by atoms with van der Waals surface area (Å²) in [6, 6.07) is 13.5. The number of aromatic nitrogens is 1. The van der Waals surface area contributed by atoms with Gasteiger partial charge >= 0.3 is 5.00 Å². The second kappa shape index (κ2) is 8.90. The number of benzene rings is 2. The van der Waals surface area contributed by atoms with Crippen LogP contribution in [0.2, 0.25) is 0 Å². The number of hydrogen-bond donors (Lipinski definition) is 0. The van der Waals surface area contributed by atoms with Crippen molar-refractivity contribution in [1.82, 2.24) is 4.98 Å². The molecule has 0 spiro atoms. The van der Waals surface area contributed by atoms with E-state index in [1.165, 1.54) is 53.9 Å². The van der Waals surface area contributed by atoms with E-state index in [4.69, 9.17) is 0 Å². The van der Waals surface area contributed by atoms with Gasteiger partial charge in [-0.1, -0.05) is 38.6 Å². The number of carbonyl (C=O) groups is 1. The number of carbonyl (C=O) groups excluding carboxylic acids is 1. The molecule has 0 aliphatic carbocycles. The van der Waals surface area contributed by atoms with E-state index in [1.54, 1.807) is 6.07 Å². The second-order valence-corrected chi connectivity index (χ2v) is 9.23. The Labute approximate surface area is 195 Å². The van der Waals surface area contributed by atoms with Crippen molar-refractivity contribution in [2.24, 2.45) is 5.10 Å². The highest BCUT2D eigenvalue weighted by Gasteiger charge is 2.22. The Morgan fingerprint density at radius 2 is 1.78 bits per heavy atom. The van der Waals surface area contributed by atoms with Crippen LogP contribution in [0.1, 0.15) is 15.2 Å². The van der Waals surface area contributed by atoms with Gasteiger partial charge in [0.2, 0.25) is 5.13 Å². The number of amides is 1. The number of thiophene rings is 1. The van der Waals surface area contributed by atoms with Crippen molar-refractivity contribution >= 4 is 76.8 Å². The van der Waals surface area contributed by atoms with Crippen LogP contribution in [-0.4, -0.2) is 27.0 Å². The minimum atomic E-state index is -0.556. The van der Waals surface area contributed by atoms with Crippen LogP contribution in [0.5, 0.6) is 0 Å². The highest BCUT2D eigenvalue weighted by atomic mass is 79.9. The summed E-state index contributed by atoms with van der Waals surface area (Å²) in [6.45, 7) is 0. The van der Waals surface area contributed by atoms with Gasteiger partial charge in [0.15, 0.2) is 0 Å². The Hall–Kier alpha value is -3.55. The van der Waals surface area contributed by atoms with Gasteiger partial charge in [0.05, 0.1) is 31.2 Å². The van der Waals surface area contributed by atoms with E-state index < -0.39 is 15.8 Å². The minimum Gasteiger partial charge on any atom is -0.267 e. The highest BCUT2D eigenvalue weighted by molar-refractivity contribution is 9.10. The number of anilines is 1. The first-order chi connectivity index (χ1) is 15.3. The maximum absolute atomic E-state index is 13.2. The van der Waals surface area contributed by atoms with E-state index in [-0.39, 0.29) is 21.4 Å². The normalized spacial score (nSPS) is 11.2. The van der Waals surface area contributed by atoms with Crippen molar-refractivity contribution < 1.29 is 14.6 Å². The number of hydrazone groups is 1. The molecule has 0 bridgehead atoms. The zero-order chi connectivity index (χ0) is 22.8. The summed E-state index contributed by atoms with van der Waals surface area (Å²) in [5.41, 5.74) is 0.689. The van der Waals surface area contributed by atoms with Gasteiger partial charge in [-0.05, 0) is 36.4 Å². The smallest absolute Gasteiger partial charge is 0.267 e. The first-order valence-electron chi connectivity index (χ1n) is 8.75. The molecule has 4 rings (SSSR count). The fraction of sp³-hybridized carbons (Fsp3) is 0. The van der Waals surface area contributed by atoms with Gasteiger partial charge < -0.3 is 0 Å². The number of halogens is 1. The number of nitro benzene ring substituents is 1. The molecule has 4 aromatic rings. The Balaban J connectivity index is 1.73. The third kappa shape index (κ3) is 4.54. The van der Waals surface area contributed by atoms with Crippen LogP contribution in [0.4, 0.5) is 15.8 Å². The maximum atomic E-state index is 13.2. The molecule has 2 heterocycles. The van der Waals surface area contributed by atoms with Crippen LogP contribution >= 0.6 is 38.6 Å². The Bertz CT molecular complexity index is 1380. The molecule has 32 heavy (non-hydrogen) atoms. The quantitative estimate of drug-likeness (QED) is 0.180. The fourth-order valence-corrected chi connectivity index (χ4v) is 4.80. The number of hydrogen-bond acceptors (Lipinski definition) is 9. The number of fused-ring (bicyclic) bond motifs is 1. The SMILES string of the molecule is O=C(c1ccc([N+](=O)[O-])cc1)N(/N=C/c1ccc([N+](=O)[O-])s1)c1nc2ccc(Br)cc2s1. The molecule has 0 radical (unpaired) electrons. The summed E-state index contributed by atoms with van der Waals surface area (Å²) in [7, 11) is 0. The number of nitrogens with zero attached hydrogens (tertiary/aromatic N) is 5. The van der Waals surface area contributed by atoms with Gasteiger partial charge in [-0.2, -0.15) is 10.1 Å². The molecule has 0 saturated carbocycles. The van der Waals surface area contributed by atoms with Gasteiger partial charge in [-0.25, -0.2) is 4.98 Å². The summed E-state index contributed by atoms with van der Waals surface area (Å²) in [5.74, 6) is -0.555. The molecule has 2 aromatic heterocycles. The number of rotatable bonds is 6. The molecule has 0 aliphatic heterocycles. The molecule has 0 fully saturated rings. The molecular weight excluding hydrogens is 522 g/mol. The van der Waals surface area contributed by atoms with Gasteiger partial charge in [0.25, 0.3) is 11.6 Å². The van der Waals surface area contributed by atoms with Crippen molar-refractivity contribution in [2.45, 2.75) is 0 Å². The standard InChI is InChI=1S/C19H10BrN5O5S2/c20-12-3-7-15-16(9-12)32-19(22-15)23(21-10-14-6-8-17(31-14)25(29)30)18(26)11-1-4-13(5-2-11)24(27)28/h1-10H/b21-10+. The van der Waals surface area contributed by atoms with Crippen LogP contribution < -0.4 is 5.01 Å². The van der Waals surface area contributed by atoms with E-state index in [2.05, 4.69) is 26.0 Å². The molecule has 0 aliphatic rings. The van der Waals surface area contributed by atoms with E-state index in [1.807, 2.05) is 12.1 Å². The van der Waals surface area contributed by atoms with Crippen LogP contribution in [0.15, 0.2) is 64.2 Å². The molecule has 1 amide bonds. The molecule has 0 saturated heterocycles. The summed E-state index contributed by atoms with van der Waals surface area (Å²) >= 11 is 5.54. The monoisotopic (exact) mass is 531 g/mol. The molecule has 0 atom stereocenters. The van der Waals surface area contributed by atoms with Crippen molar-refractivity contribution in [2.75, 3.05) is 5.01 Å². The third-order valence-electron chi connectivity index (χ3n) is 4.13. The number of nitro groups is 2. The Morgan fingerprint density at radius 3 is 2.44 bits per heavy atom. The number of thiazole rings is 1. The fourth-order valence-electron chi connectivity index (χ4n) is 2.64. The lowest BCUT2D eigenvalue weighted by atomic mass is 10.2. The second-order valence-electron chi connectivity index (χ2n) is 6.21. The van der Waals surface area contributed by atoms with E-state index in [0.717, 1.165) is 25.5 Å². The average molecular weight is 532 g/mol. The lowest BCUT2D eigenvalue weighted by Crippen LogP contribution is -2.25. The Kier molecular flexibility index (Phi) is 6.03. The van der Waals surface area contributed by atoms with E-state index in [9.17, 15) is 25.0 Å². The largest absolute Gasteiger partial charge is 0.324 e. The first kappa shape index (κ1) is 21.7. The minimum absolute atomic E-state index is 0.0514. The molecule has 160 valence electrons. The molecule has 0 N–H and O–H groups in total. The van der Waals surface area contributed by atoms with E-state index >= 15 is 0 Å². The van der Waals surface area contributed by atoms with Crippen molar-refractivity contribution in [3.05, 3.63) is 89.7 Å². The lowest BCUT2D eigenvalue weighted by Gasteiger charge is -2.13. The van der Waals surface area contributed by atoms with Crippen molar-refractivity contribution in [3.63, 3.8) is 0 Å². The van der Waals surface area contributed by atoms with Crippen molar-refractivity contribution in [1.29, 1.82) is 0 Å². The van der Waals surface area contributed by atoms with Gasteiger partial charge in [-0.3, -0.25) is 25.0 Å². The van der Waals surface area contributed by atoms with Crippen LogP contribution in [0.25, 0.3) is 10.2 Å². The predicted molar refractivity (Wildman–Crippen MR) is 126 cm³/mol. The van der Waals surface area contributed by atoms with Gasteiger partial charge in [-0.15, -0.1) is 0 Å². The predicted octanol–water partition coefficient (Wildman–Crippen LogP) is 5.62. The van der Waals surface area contributed by atoms with Crippen LogP contribution in [-0.2, 0) is 0 Å². The summed E-state index contributed by atoms with van der Waals surface area (Å²) < 4.78 is 1.67. The first-order valence-corrected chi connectivity index (χ1v) is 11.2. The summed E-state index contributed by atoms with van der Waals surface area (Å²) in [5, 5.41) is 27.4. The summed E-state index contributed by atoms with van der Waals surface area (Å²) in [4.78, 5) is 38.9. The zero-order valence-electron chi connectivity index (χ0n) is 15.7. The van der Waals surface area contributed by atoms with Crippen molar-refractivity contribution in [3.8, 4) is 0 Å². The van der Waals surface area contributed by atoms with Crippen LogP contribution in [0.3, 0.4) is 0 Å². The molecule has 13 heteroatoms. The third-order valence-corrected chi connectivity index (χ3v) is 6.59. The molecule has 2 aromatic carbocycles. The molecule has 10 nitrogen and oxygen atoms in total. The average Bonchev–Trinajstić information content (AvgIpc) is 3.40. The maximum Gasteiger partial charge on any atom is 0.324 e. The number of non-ortho nitro benzene ring substituents is 1. The highest BCUT2D eigenvalue weighted by Crippen LogP contribution is 2.32. The molecule has 0 unspecified atom stereocenters. The zero-order valence-corrected chi connectivity index (χ0v) is 19.0. The topological polar surface area (TPSA) is 132 Å². The van der Waals surface area contributed by atoms with Gasteiger partial charge in [0.1, 0.15) is 0 Å². The van der Waals surface area contributed by atoms with E-state index in [0.29, 0.717) is 10.4 Å². The van der Waals surface area contributed by atoms with Gasteiger partial charge in [0, 0.05) is 28.2 Å². The summed E-state index contributed by atoms with van der Waals surface area (Å²) in [6.07, 6.45) is 1.34. The van der Waals surface area contributed by atoms with Crippen LogP contribution in [0, 0.1) is 20.2 Å². The molecular formula is C19H10BrN5O5S2.